The molecule has 0 aliphatic carbocycles. The molecule has 162 valence electrons. The van der Waals surface area contributed by atoms with Gasteiger partial charge in [-0.2, -0.15) is 13.2 Å². The first-order valence-corrected chi connectivity index (χ1v) is 10.6. The highest BCUT2D eigenvalue weighted by Gasteiger charge is 2.30. The minimum Gasteiger partial charge on any atom is -0.492 e. The van der Waals surface area contributed by atoms with E-state index in [4.69, 9.17) is 17.0 Å². The highest BCUT2D eigenvalue weighted by Crippen LogP contribution is 2.30. The number of amides is 1. The molecule has 0 unspecified atom stereocenters. The number of hydrogen-bond acceptors (Lipinski definition) is 3. The normalized spacial score (nSPS) is 11.1. The van der Waals surface area contributed by atoms with Crippen molar-refractivity contribution in [1.82, 2.24) is 5.32 Å². The maximum atomic E-state index is 12.8. The highest BCUT2D eigenvalue weighted by atomic mass is 79.9. The minimum atomic E-state index is -4.46. The van der Waals surface area contributed by atoms with Gasteiger partial charge in [0.15, 0.2) is 5.11 Å². The second-order valence-corrected chi connectivity index (χ2v) is 7.80. The first kappa shape index (κ1) is 24.1. The smallest absolute Gasteiger partial charge is 0.416 e. The van der Waals surface area contributed by atoms with Gasteiger partial charge in [-0.15, -0.1) is 0 Å². The number of hydrogen-bond donors (Lipinski definition) is 2. The number of alkyl halides is 3. The summed E-state index contributed by atoms with van der Waals surface area (Å²) in [7, 11) is 0. The van der Waals surface area contributed by atoms with Gasteiger partial charge in [0.05, 0.1) is 16.6 Å². The van der Waals surface area contributed by atoms with Crippen LogP contribution in [0.15, 0.2) is 46.9 Å². The second kappa shape index (κ2) is 11.3. The van der Waals surface area contributed by atoms with Gasteiger partial charge in [0.2, 0.25) is 0 Å². The molecular formula is C21H22BrF3N2O2S. The molecule has 2 aromatic rings. The molecule has 9 heteroatoms. The van der Waals surface area contributed by atoms with E-state index < -0.39 is 17.6 Å². The maximum absolute atomic E-state index is 12.8. The molecule has 0 saturated heterocycles. The molecule has 0 saturated carbocycles. The van der Waals surface area contributed by atoms with Crippen molar-refractivity contribution in [1.29, 1.82) is 0 Å². The number of ether oxygens (including phenoxy) is 1. The van der Waals surface area contributed by atoms with Crippen LogP contribution in [0.5, 0.6) is 5.75 Å². The largest absolute Gasteiger partial charge is 0.492 e. The molecule has 2 rings (SSSR count). The van der Waals surface area contributed by atoms with E-state index in [0.29, 0.717) is 22.4 Å². The van der Waals surface area contributed by atoms with Crippen molar-refractivity contribution in [3.05, 3.63) is 58.1 Å². The third-order valence-corrected chi connectivity index (χ3v) is 4.95. The zero-order valence-corrected chi connectivity index (χ0v) is 18.7. The van der Waals surface area contributed by atoms with Gasteiger partial charge in [-0.25, -0.2) is 0 Å². The molecule has 4 nitrogen and oxygen atoms in total. The lowest BCUT2D eigenvalue weighted by Gasteiger charge is -2.13. The Balaban J connectivity index is 1.92. The van der Waals surface area contributed by atoms with Crippen molar-refractivity contribution in [3.8, 4) is 5.75 Å². The summed E-state index contributed by atoms with van der Waals surface area (Å²) in [5.74, 6) is 0.141. The van der Waals surface area contributed by atoms with Crippen LogP contribution in [-0.2, 0) is 6.18 Å². The fourth-order valence-corrected chi connectivity index (χ4v) is 3.28. The molecule has 0 spiro atoms. The van der Waals surface area contributed by atoms with E-state index in [0.717, 1.165) is 37.8 Å². The van der Waals surface area contributed by atoms with Crippen molar-refractivity contribution in [3.63, 3.8) is 0 Å². The molecule has 0 radical (unpaired) electrons. The number of halogens is 4. The summed E-state index contributed by atoms with van der Waals surface area (Å²) in [4.78, 5) is 12.4. The summed E-state index contributed by atoms with van der Waals surface area (Å²) in [6, 6.07) is 9.43. The molecule has 1 amide bonds. The van der Waals surface area contributed by atoms with Crippen LogP contribution in [0.4, 0.5) is 18.9 Å². The molecule has 0 bridgehead atoms. The predicted octanol–water partition coefficient (Wildman–Crippen LogP) is 6.55. The Morgan fingerprint density at radius 1 is 1.13 bits per heavy atom. The van der Waals surface area contributed by atoms with E-state index in [2.05, 4.69) is 33.5 Å². The zero-order valence-electron chi connectivity index (χ0n) is 16.3. The van der Waals surface area contributed by atoms with Crippen molar-refractivity contribution in [2.24, 2.45) is 0 Å². The van der Waals surface area contributed by atoms with Crippen LogP contribution in [0.1, 0.15) is 48.5 Å². The van der Waals surface area contributed by atoms with Crippen molar-refractivity contribution >= 4 is 44.9 Å². The number of anilines is 1. The number of thiocarbonyl (C=S) groups is 1. The molecule has 0 fully saturated rings. The van der Waals surface area contributed by atoms with Gasteiger partial charge in [0.1, 0.15) is 5.75 Å². The molecule has 0 atom stereocenters. The van der Waals surface area contributed by atoms with E-state index in [1.807, 2.05) is 0 Å². The molecule has 0 heterocycles. The second-order valence-electron chi connectivity index (χ2n) is 6.54. The summed E-state index contributed by atoms with van der Waals surface area (Å²) < 4.78 is 44.7. The number of benzene rings is 2. The standard InChI is InChI=1S/C21H22BrF3N2O2S/c1-2-3-4-5-11-29-18-10-9-14(12-17(18)22)19(28)27-20(30)26-16-8-6-7-15(13-16)21(23,24)25/h6-10,12-13H,2-5,11H2,1H3,(H2,26,27,28,30). The van der Waals surface area contributed by atoms with Crippen molar-refractivity contribution in [2.75, 3.05) is 11.9 Å². The summed E-state index contributed by atoms with van der Waals surface area (Å²) >= 11 is 8.42. The van der Waals surface area contributed by atoms with Crippen LogP contribution >= 0.6 is 28.1 Å². The van der Waals surface area contributed by atoms with Gasteiger partial charge in [-0.3, -0.25) is 10.1 Å². The Morgan fingerprint density at radius 3 is 2.57 bits per heavy atom. The molecule has 2 aromatic carbocycles. The third-order valence-electron chi connectivity index (χ3n) is 4.12. The summed E-state index contributed by atoms with van der Waals surface area (Å²) in [6.45, 7) is 2.73. The Hall–Kier alpha value is -2.13. The van der Waals surface area contributed by atoms with Gasteiger partial charge in [0.25, 0.3) is 5.91 Å². The number of carbonyl (C=O) groups excluding carboxylic acids is 1. The highest BCUT2D eigenvalue weighted by molar-refractivity contribution is 9.10. The Morgan fingerprint density at radius 2 is 1.90 bits per heavy atom. The Labute approximate surface area is 187 Å². The molecular weight excluding hydrogens is 481 g/mol. The van der Waals surface area contributed by atoms with Gasteiger partial charge < -0.3 is 10.1 Å². The molecule has 30 heavy (non-hydrogen) atoms. The number of nitrogens with one attached hydrogen (secondary N) is 2. The van der Waals surface area contributed by atoms with E-state index in [9.17, 15) is 18.0 Å². The van der Waals surface area contributed by atoms with Crippen molar-refractivity contribution < 1.29 is 22.7 Å². The van der Waals surface area contributed by atoms with Gasteiger partial charge in [-0.05, 0) is 71.0 Å². The first-order valence-electron chi connectivity index (χ1n) is 9.42. The SMILES string of the molecule is CCCCCCOc1ccc(C(=O)NC(=S)Nc2cccc(C(F)(F)F)c2)cc1Br. The van der Waals surface area contributed by atoms with Gasteiger partial charge in [0, 0.05) is 11.3 Å². The van der Waals surface area contributed by atoms with E-state index in [-0.39, 0.29) is 10.8 Å². The van der Waals surface area contributed by atoms with Crippen LogP contribution in [0.2, 0.25) is 0 Å². The molecule has 0 aliphatic rings. The number of unbranched alkanes of at least 4 members (excludes halogenated alkanes) is 3. The lowest BCUT2D eigenvalue weighted by Crippen LogP contribution is -2.34. The van der Waals surface area contributed by atoms with Gasteiger partial charge in [-0.1, -0.05) is 32.3 Å². The molecule has 2 N–H and O–H groups in total. The molecule has 0 aliphatic heterocycles. The van der Waals surface area contributed by atoms with E-state index in [1.54, 1.807) is 18.2 Å². The zero-order chi connectivity index (χ0) is 22.1. The van der Waals surface area contributed by atoms with Crippen LogP contribution in [0, 0.1) is 0 Å². The van der Waals surface area contributed by atoms with Crippen molar-refractivity contribution in [2.45, 2.75) is 38.8 Å². The first-order chi connectivity index (χ1) is 14.2. The quantitative estimate of drug-likeness (QED) is 0.317. The monoisotopic (exact) mass is 502 g/mol. The van der Waals surface area contributed by atoms with Crippen LogP contribution < -0.4 is 15.4 Å². The van der Waals surface area contributed by atoms with E-state index >= 15 is 0 Å². The number of rotatable bonds is 8. The maximum Gasteiger partial charge on any atom is 0.416 e. The average Bonchev–Trinajstić information content (AvgIpc) is 2.68. The van der Waals surface area contributed by atoms with Crippen LogP contribution in [-0.4, -0.2) is 17.6 Å². The van der Waals surface area contributed by atoms with Gasteiger partial charge >= 0.3 is 6.18 Å². The average molecular weight is 503 g/mol. The Bertz CT molecular complexity index is 891. The summed E-state index contributed by atoms with van der Waals surface area (Å²) in [6.07, 6.45) is -0.0896. The molecule has 0 aromatic heterocycles. The summed E-state index contributed by atoms with van der Waals surface area (Å²) in [5.41, 5.74) is -0.354. The lowest BCUT2D eigenvalue weighted by atomic mass is 10.2. The van der Waals surface area contributed by atoms with Crippen LogP contribution in [0.25, 0.3) is 0 Å². The topological polar surface area (TPSA) is 50.4 Å². The van der Waals surface area contributed by atoms with E-state index in [1.165, 1.54) is 12.1 Å². The summed E-state index contributed by atoms with van der Waals surface area (Å²) in [5, 5.41) is 4.94. The Kier molecular flexibility index (Phi) is 9.10. The fourth-order valence-electron chi connectivity index (χ4n) is 2.58. The lowest BCUT2D eigenvalue weighted by molar-refractivity contribution is -0.137. The fraction of sp³-hybridized carbons (Fsp3) is 0.333. The minimum absolute atomic E-state index is 0.105. The third kappa shape index (κ3) is 7.60. The van der Waals surface area contributed by atoms with Crippen LogP contribution in [0.3, 0.4) is 0 Å². The number of carbonyl (C=O) groups is 1. The predicted molar refractivity (Wildman–Crippen MR) is 119 cm³/mol.